The average Bonchev–Trinajstić information content (AvgIpc) is 3.17. The monoisotopic (exact) mass is 313 g/mol. The van der Waals surface area contributed by atoms with E-state index in [2.05, 4.69) is 33.9 Å². The van der Waals surface area contributed by atoms with E-state index in [0.29, 0.717) is 0 Å². The molecule has 0 saturated carbocycles. The standard InChI is InChI=1S/C17H19N3OS/c1-12-7-8-22-16(12)11-18-9-14-10-19-20-17(14)13-3-5-15(21-2)6-4-13/h3-8,10,18H,9,11H2,1-2H3,(H,19,20). The highest BCUT2D eigenvalue weighted by molar-refractivity contribution is 7.10. The normalized spacial score (nSPS) is 10.8. The molecule has 114 valence electrons. The molecule has 3 aromatic rings. The molecule has 0 atom stereocenters. The zero-order valence-electron chi connectivity index (χ0n) is 12.7. The van der Waals surface area contributed by atoms with Crippen molar-refractivity contribution in [1.82, 2.24) is 15.5 Å². The Labute approximate surface area is 134 Å². The summed E-state index contributed by atoms with van der Waals surface area (Å²) in [4.78, 5) is 1.38. The van der Waals surface area contributed by atoms with Gasteiger partial charge in [0.15, 0.2) is 0 Å². The fraction of sp³-hybridized carbons (Fsp3) is 0.235. The number of aryl methyl sites for hydroxylation is 1. The fourth-order valence-corrected chi connectivity index (χ4v) is 3.22. The lowest BCUT2D eigenvalue weighted by molar-refractivity contribution is 0.415. The molecule has 0 aliphatic heterocycles. The van der Waals surface area contributed by atoms with Crippen molar-refractivity contribution in [3.8, 4) is 17.0 Å². The van der Waals surface area contributed by atoms with Gasteiger partial charge in [-0.3, -0.25) is 5.10 Å². The van der Waals surface area contributed by atoms with E-state index in [4.69, 9.17) is 4.74 Å². The third-order valence-electron chi connectivity index (χ3n) is 3.67. The van der Waals surface area contributed by atoms with Gasteiger partial charge in [-0.15, -0.1) is 11.3 Å². The first-order valence-corrected chi connectivity index (χ1v) is 8.06. The van der Waals surface area contributed by atoms with Gasteiger partial charge in [0, 0.05) is 29.1 Å². The second-order valence-electron chi connectivity index (χ2n) is 5.13. The molecule has 4 nitrogen and oxygen atoms in total. The molecule has 5 heteroatoms. The second-order valence-corrected chi connectivity index (χ2v) is 6.13. The van der Waals surface area contributed by atoms with E-state index in [-0.39, 0.29) is 0 Å². The average molecular weight is 313 g/mol. The SMILES string of the molecule is COc1ccc(-c2[nH]ncc2CNCc2sccc2C)cc1. The number of H-pyrrole nitrogens is 1. The molecular weight excluding hydrogens is 294 g/mol. The van der Waals surface area contributed by atoms with Crippen molar-refractivity contribution in [2.75, 3.05) is 7.11 Å². The Balaban J connectivity index is 1.67. The Morgan fingerprint density at radius 3 is 2.68 bits per heavy atom. The van der Waals surface area contributed by atoms with Crippen LogP contribution in [0, 0.1) is 6.92 Å². The smallest absolute Gasteiger partial charge is 0.118 e. The zero-order chi connectivity index (χ0) is 15.4. The van der Waals surface area contributed by atoms with Gasteiger partial charge in [0.25, 0.3) is 0 Å². The number of nitrogens with one attached hydrogen (secondary N) is 2. The highest BCUT2D eigenvalue weighted by Crippen LogP contribution is 2.24. The Hall–Kier alpha value is -2.11. The first-order chi connectivity index (χ1) is 10.8. The summed E-state index contributed by atoms with van der Waals surface area (Å²) in [6.07, 6.45) is 1.88. The molecule has 2 N–H and O–H groups in total. The van der Waals surface area contributed by atoms with Gasteiger partial charge >= 0.3 is 0 Å². The molecule has 0 radical (unpaired) electrons. The van der Waals surface area contributed by atoms with Gasteiger partial charge in [-0.1, -0.05) is 0 Å². The lowest BCUT2D eigenvalue weighted by atomic mass is 10.1. The largest absolute Gasteiger partial charge is 0.497 e. The van der Waals surface area contributed by atoms with E-state index in [9.17, 15) is 0 Å². The Kier molecular flexibility index (Phi) is 4.56. The number of aromatic nitrogens is 2. The van der Waals surface area contributed by atoms with Crippen LogP contribution in [0.4, 0.5) is 0 Å². The predicted molar refractivity (Wildman–Crippen MR) is 90.2 cm³/mol. The molecule has 3 rings (SSSR count). The first kappa shape index (κ1) is 14.8. The Morgan fingerprint density at radius 1 is 1.18 bits per heavy atom. The molecule has 0 amide bonds. The molecule has 2 heterocycles. The molecule has 0 aliphatic rings. The van der Waals surface area contributed by atoms with Crippen molar-refractivity contribution in [3.63, 3.8) is 0 Å². The van der Waals surface area contributed by atoms with Crippen LogP contribution in [0.25, 0.3) is 11.3 Å². The molecule has 22 heavy (non-hydrogen) atoms. The van der Waals surface area contributed by atoms with Gasteiger partial charge in [-0.25, -0.2) is 0 Å². The topological polar surface area (TPSA) is 49.9 Å². The van der Waals surface area contributed by atoms with Gasteiger partial charge in [0.2, 0.25) is 0 Å². The maximum atomic E-state index is 5.20. The zero-order valence-corrected chi connectivity index (χ0v) is 13.5. The van der Waals surface area contributed by atoms with E-state index in [0.717, 1.165) is 30.1 Å². The fourth-order valence-electron chi connectivity index (χ4n) is 2.35. The van der Waals surface area contributed by atoms with Crippen LogP contribution in [0.2, 0.25) is 0 Å². The third-order valence-corrected chi connectivity index (χ3v) is 4.69. The molecule has 0 aliphatic carbocycles. The molecule has 2 aromatic heterocycles. The van der Waals surface area contributed by atoms with Gasteiger partial charge < -0.3 is 10.1 Å². The Morgan fingerprint density at radius 2 is 2.00 bits per heavy atom. The lowest BCUT2D eigenvalue weighted by Gasteiger charge is -2.06. The number of ether oxygens (including phenoxy) is 1. The van der Waals surface area contributed by atoms with Gasteiger partial charge in [-0.2, -0.15) is 5.10 Å². The number of thiophene rings is 1. The number of hydrogen-bond donors (Lipinski definition) is 2. The van der Waals surface area contributed by atoms with Crippen molar-refractivity contribution in [1.29, 1.82) is 0 Å². The van der Waals surface area contributed by atoms with E-state index in [1.54, 1.807) is 18.4 Å². The molecule has 0 saturated heterocycles. The van der Waals surface area contributed by atoms with Gasteiger partial charge in [0.1, 0.15) is 5.75 Å². The van der Waals surface area contributed by atoms with E-state index < -0.39 is 0 Å². The van der Waals surface area contributed by atoms with Crippen LogP contribution in [0.1, 0.15) is 16.0 Å². The minimum absolute atomic E-state index is 0.787. The van der Waals surface area contributed by atoms with Crippen molar-refractivity contribution in [2.24, 2.45) is 0 Å². The molecular formula is C17H19N3OS. The quantitative estimate of drug-likeness (QED) is 0.729. The van der Waals surface area contributed by atoms with Crippen LogP contribution in [-0.2, 0) is 13.1 Å². The molecule has 1 aromatic carbocycles. The summed E-state index contributed by atoms with van der Waals surface area (Å²) in [6.45, 7) is 3.82. The molecule has 0 spiro atoms. The Bertz CT molecular complexity index is 730. The van der Waals surface area contributed by atoms with Crippen LogP contribution in [0.3, 0.4) is 0 Å². The summed E-state index contributed by atoms with van der Waals surface area (Å²) in [5.41, 5.74) is 4.68. The number of nitrogens with zero attached hydrogens (tertiary/aromatic N) is 1. The van der Waals surface area contributed by atoms with E-state index >= 15 is 0 Å². The van der Waals surface area contributed by atoms with E-state index in [1.807, 2.05) is 30.5 Å². The van der Waals surface area contributed by atoms with E-state index in [1.165, 1.54) is 16.0 Å². The van der Waals surface area contributed by atoms with Crippen molar-refractivity contribution in [3.05, 3.63) is 57.9 Å². The molecule has 0 unspecified atom stereocenters. The molecule has 0 bridgehead atoms. The van der Waals surface area contributed by atoms with Crippen LogP contribution in [0.15, 0.2) is 41.9 Å². The minimum atomic E-state index is 0.787. The second kappa shape index (κ2) is 6.77. The number of hydrogen-bond acceptors (Lipinski definition) is 4. The van der Waals surface area contributed by atoms with Gasteiger partial charge in [-0.05, 0) is 48.2 Å². The van der Waals surface area contributed by atoms with Crippen LogP contribution in [-0.4, -0.2) is 17.3 Å². The number of benzene rings is 1. The molecule has 0 fully saturated rings. The summed E-state index contributed by atoms with van der Waals surface area (Å²) in [5.74, 6) is 0.858. The van der Waals surface area contributed by atoms with Crippen molar-refractivity contribution < 1.29 is 4.74 Å². The van der Waals surface area contributed by atoms with Crippen LogP contribution >= 0.6 is 11.3 Å². The predicted octanol–water partition coefficient (Wildman–Crippen LogP) is 3.75. The summed E-state index contributed by atoms with van der Waals surface area (Å²) in [7, 11) is 1.67. The number of methoxy groups -OCH3 is 1. The first-order valence-electron chi connectivity index (χ1n) is 7.18. The lowest BCUT2D eigenvalue weighted by Crippen LogP contribution is -2.12. The minimum Gasteiger partial charge on any atom is -0.497 e. The summed E-state index contributed by atoms with van der Waals surface area (Å²) in [5, 5.41) is 12.9. The summed E-state index contributed by atoms with van der Waals surface area (Å²) >= 11 is 1.79. The van der Waals surface area contributed by atoms with Crippen LogP contribution in [0.5, 0.6) is 5.75 Å². The van der Waals surface area contributed by atoms with Crippen molar-refractivity contribution in [2.45, 2.75) is 20.0 Å². The van der Waals surface area contributed by atoms with Crippen LogP contribution < -0.4 is 10.1 Å². The maximum absolute atomic E-state index is 5.20. The third kappa shape index (κ3) is 3.21. The summed E-state index contributed by atoms with van der Waals surface area (Å²) in [6, 6.07) is 10.2. The summed E-state index contributed by atoms with van der Waals surface area (Å²) < 4.78 is 5.20. The number of rotatable bonds is 6. The van der Waals surface area contributed by atoms with Crippen molar-refractivity contribution >= 4 is 11.3 Å². The number of aromatic amines is 1. The maximum Gasteiger partial charge on any atom is 0.118 e. The van der Waals surface area contributed by atoms with Gasteiger partial charge in [0.05, 0.1) is 19.0 Å². The highest BCUT2D eigenvalue weighted by atomic mass is 32.1. The highest BCUT2D eigenvalue weighted by Gasteiger charge is 2.08.